The van der Waals surface area contributed by atoms with Crippen LogP contribution in [0.1, 0.15) is 28.4 Å². The Morgan fingerprint density at radius 3 is 2.15 bits per heavy atom. The van der Waals surface area contributed by atoms with Crippen molar-refractivity contribution in [3.05, 3.63) is 71.5 Å². The van der Waals surface area contributed by atoms with Gasteiger partial charge in [0.15, 0.2) is 0 Å². The quantitative estimate of drug-likeness (QED) is 0.616. The summed E-state index contributed by atoms with van der Waals surface area (Å²) in [6.45, 7) is 6.30. The number of aromatic nitrogens is 2. The van der Waals surface area contributed by atoms with Gasteiger partial charge in [-0.2, -0.15) is 0 Å². The van der Waals surface area contributed by atoms with E-state index in [1.807, 2.05) is 24.3 Å². The molecule has 0 amide bonds. The van der Waals surface area contributed by atoms with E-state index in [4.69, 9.17) is 4.74 Å². The number of anilines is 4. The lowest BCUT2D eigenvalue weighted by Gasteiger charge is -2.10. The molecule has 3 aromatic rings. The molecular weight excluding hydrogens is 340 g/mol. The molecule has 138 valence electrons. The maximum Gasteiger partial charge on any atom is 0.338 e. The molecule has 3 rings (SSSR count). The lowest BCUT2D eigenvalue weighted by atomic mass is 10.1. The zero-order valence-corrected chi connectivity index (χ0v) is 15.6. The minimum atomic E-state index is -0.328. The summed E-state index contributed by atoms with van der Waals surface area (Å²) < 4.78 is 4.99. The number of carbonyl (C=O) groups excluding carboxylic acids is 1. The van der Waals surface area contributed by atoms with Crippen LogP contribution in [0.25, 0.3) is 0 Å². The average Bonchev–Trinajstić information content (AvgIpc) is 2.66. The summed E-state index contributed by atoms with van der Waals surface area (Å²) in [5.74, 6) is 1.02. The first-order valence-corrected chi connectivity index (χ1v) is 8.75. The molecule has 0 aliphatic carbocycles. The molecule has 0 aliphatic rings. The molecule has 2 aromatic carbocycles. The van der Waals surface area contributed by atoms with Crippen LogP contribution in [-0.2, 0) is 4.74 Å². The normalized spacial score (nSPS) is 10.3. The minimum Gasteiger partial charge on any atom is -0.462 e. The molecule has 0 spiro atoms. The lowest BCUT2D eigenvalue weighted by molar-refractivity contribution is 0.0526. The smallest absolute Gasteiger partial charge is 0.338 e. The Kier molecular flexibility index (Phi) is 5.66. The van der Waals surface area contributed by atoms with Crippen molar-refractivity contribution in [2.45, 2.75) is 20.8 Å². The first-order valence-electron chi connectivity index (χ1n) is 8.75. The third-order valence-corrected chi connectivity index (χ3v) is 4.11. The minimum absolute atomic E-state index is 0.328. The highest BCUT2D eigenvalue weighted by atomic mass is 16.5. The third kappa shape index (κ3) is 4.82. The Morgan fingerprint density at radius 1 is 0.889 bits per heavy atom. The van der Waals surface area contributed by atoms with Crippen LogP contribution in [0.3, 0.4) is 0 Å². The molecule has 2 N–H and O–H groups in total. The highest BCUT2D eigenvalue weighted by molar-refractivity contribution is 5.89. The second-order valence-corrected chi connectivity index (χ2v) is 6.14. The number of benzene rings is 2. The summed E-state index contributed by atoms with van der Waals surface area (Å²) in [5, 5.41) is 6.49. The van der Waals surface area contributed by atoms with Crippen LogP contribution in [0.15, 0.2) is 54.9 Å². The summed E-state index contributed by atoms with van der Waals surface area (Å²) in [6.07, 6.45) is 1.50. The first-order chi connectivity index (χ1) is 13.0. The molecule has 0 aliphatic heterocycles. The van der Waals surface area contributed by atoms with Gasteiger partial charge in [-0.15, -0.1) is 0 Å². The van der Waals surface area contributed by atoms with Crippen LogP contribution >= 0.6 is 0 Å². The highest BCUT2D eigenvalue weighted by Gasteiger charge is 2.06. The number of rotatable bonds is 6. The maximum atomic E-state index is 11.7. The second-order valence-electron chi connectivity index (χ2n) is 6.14. The van der Waals surface area contributed by atoms with Gasteiger partial charge in [-0.25, -0.2) is 14.8 Å². The van der Waals surface area contributed by atoms with Gasteiger partial charge < -0.3 is 15.4 Å². The van der Waals surface area contributed by atoms with E-state index in [0.29, 0.717) is 23.8 Å². The van der Waals surface area contributed by atoms with Crippen LogP contribution in [-0.4, -0.2) is 22.5 Å². The van der Waals surface area contributed by atoms with Crippen LogP contribution in [0.2, 0.25) is 0 Å². The van der Waals surface area contributed by atoms with Gasteiger partial charge in [-0.05, 0) is 68.3 Å². The van der Waals surface area contributed by atoms with E-state index in [-0.39, 0.29) is 5.97 Å². The predicted molar refractivity (Wildman–Crippen MR) is 107 cm³/mol. The first kappa shape index (κ1) is 18.4. The number of esters is 1. The Hall–Kier alpha value is -3.41. The number of ether oxygens (including phenoxy) is 1. The molecular formula is C21H22N4O2. The van der Waals surface area contributed by atoms with Crippen LogP contribution in [0, 0.1) is 13.8 Å². The molecule has 6 nitrogen and oxygen atoms in total. The standard InChI is InChI=1S/C21H22N4O2/c1-4-27-21(26)16-6-9-17(10-7-16)24-19-12-20(23-13-22-19)25-18-8-5-14(2)15(3)11-18/h5-13H,4H2,1-3H3,(H2,22,23,24,25). The summed E-state index contributed by atoms with van der Waals surface area (Å²) in [6, 6.07) is 15.1. The molecule has 1 aromatic heterocycles. The molecule has 0 fully saturated rings. The molecule has 0 saturated carbocycles. The summed E-state index contributed by atoms with van der Waals surface area (Å²) >= 11 is 0. The van der Waals surface area contributed by atoms with Crippen molar-refractivity contribution >= 4 is 29.0 Å². The van der Waals surface area contributed by atoms with Crippen molar-refractivity contribution in [3.8, 4) is 0 Å². The Morgan fingerprint density at radius 2 is 1.52 bits per heavy atom. The van der Waals surface area contributed by atoms with Gasteiger partial charge in [0.05, 0.1) is 12.2 Å². The van der Waals surface area contributed by atoms with Crippen molar-refractivity contribution in [2.75, 3.05) is 17.2 Å². The zero-order chi connectivity index (χ0) is 19.2. The number of hydrogen-bond acceptors (Lipinski definition) is 6. The van der Waals surface area contributed by atoms with Gasteiger partial charge >= 0.3 is 5.97 Å². The Labute approximate surface area is 158 Å². The van der Waals surface area contributed by atoms with Gasteiger partial charge in [0, 0.05) is 17.4 Å². The number of nitrogens with one attached hydrogen (secondary N) is 2. The highest BCUT2D eigenvalue weighted by Crippen LogP contribution is 2.21. The molecule has 0 bridgehead atoms. The van der Waals surface area contributed by atoms with E-state index in [1.54, 1.807) is 19.1 Å². The van der Waals surface area contributed by atoms with Gasteiger partial charge in [-0.1, -0.05) is 6.07 Å². The number of carbonyl (C=O) groups is 1. The molecule has 0 saturated heterocycles. The van der Waals surface area contributed by atoms with Crippen LogP contribution in [0.5, 0.6) is 0 Å². The van der Waals surface area contributed by atoms with Gasteiger partial charge in [0.25, 0.3) is 0 Å². The van der Waals surface area contributed by atoms with E-state index >= 15 is 0 Å². The number of hydrogen-bond donors (Lipinski definition) is 2. The van der Waals surface area contributed by atoms with Crippen LogP contribution in [0.4, 0.5) is 23.0 Å². The summed E-state index contributed by atoms with van der Waals surface area (Å²) in [7, 11) is 0. The van der Waals surface area contributed by atoms with Crippen molar-refractivity contribution in [1.82, 2.24) is 9.97 Å². The van der Waals surface area contributed by atoms with E-state index < -0.39 is 0 Å². The largest absolute Gasteiger partial charge is 0.462 e. The number of aryl methyl sites for hydroxylation is 2. The van der Waals surface area contributed by atoms with E-state index in [9.17, 15) is 4.79 Å². The topological polar surface area (TPSA) is 76.1 Å². The summed E-state index contributed by atoms with van der Waals surface area (Å²) in [5.41, 5.74) is 4.77. The van der Waals surface area contributed by atoms with Crippen molar-refractivity contribution in [3.63, 3.8) is 0 Å². The molecule has 1 heterocycles. The van der Waals surface area contributed by atoms with Crippen molar-refractivity contribution < 1.29 is 9.53 Å². The molecule has 0 radical (unpaired) electrons. The van der Waals surface area contributed by atoms with Crippen molar-refractivity contribution in [2.24, 2.45) is 0 Å². The fraction of sp³-hybridized carbons (Fsp3) is 0.190. The van der Waals surface area contributed by atoms with E-state index in [2.05, 4.69) is 46.6 Å². The summed E-state index contributed by atoms with van der Waals surface area (Å²) in [4.78, 5) is 20.2. The van der Waals surface area contributed by atoms with E-state index in [1.165, 1.54) is 17.5 Å². The molecule has 6 heteroatoms. The molecule has 0 unspecified atom stereocenters. The van der Waals surface area contributed by atoms with E-state index in [0.717, 1.165) is 11.4 Å². The molecule has 27 heavy (non-hydrogen) atoms. The fourth-order valence-electron chi connectivity index (χ4n) is 2.51. The molecule has 0 atom stereocenters. The lowest BCUT2D eigenvalue weighted by Crippen LogP contribution is -2.04. The fourth-order valence-corrected chi connectivity index (χ4v) is 2.51. The Bertz CT molecular complexity index is 939. The van der Waals surface area contributed by atoms with Gasteiger partial charge in [0.1, 0.15) is 18.0 Å². The van der Waals surface area contributed by atoms with Crippen molar-refractivity contribution in [1.29, 1.82) is 0 Å². The van der Waals surface area contributed by atoms with Crippen LogP contribution < -0.4 is 10.6 Å². The number of nitrogens with zero attached hydrogens (tertiary/aromatic N) is 2. The van der Waals surface area contributed by atoms with Gasteiger partial charge in [-0.3, -0.25) is 0 Å². The average molecular weight is 362 g/mol. The predicted octanol–water partition coefficient (Wildman–Crippen LogP) is 4.76. The monoisotopic (exact) mass is 362 g/mol. The van der Waals surface area contributed by atoms with Gasteiger partial charge in [0.2, 0.25) is 0 Å². The SMILES string of the molecule is CCOC(=O)c1ccc(Nc2cc(Nc3ccc(C)c(C)c3)ncn2)cc1. The zero-order valence-electron chi connectivity index (χ0n) is 15.6. The second kappa shape index (κ2) is 8.31. The Balaban J connectivity index is 1.70. The third-order valence-electron chi connectivity index (χ3n) is 4.11. The maximum absolute atomic E-state index is 11.7.